The highest BCUT2D eigenvalue weighted by Crippen LogP contribution is 2.21. The Labute approximate surface area is 121 Å². The Hall–Kier alpha value is -1.27. The van der Waals surface area contributed by atoms with Gasteiger partial charge < -0.3 is 5.32 Å². The van der Waals surface area contributed by atoms with Gasteiger partial charge in [-0.3, -0.25) is 4.79 Å². The van der Waals surface area contributed by atoms with Crippen molar-refractivity contribution in [3.8, 4) is 0 Å². The largest absolute Gasteiger partial charge is 0.346 e. The van der Waals surface area contributed by atoms with Crippen LogP contribution in [0.5, 0.6) is 0 Å². The van der Waals surface area contributed by atoms with Gasteiger partial charge in [0, 0.05) is 15.1 Å². The molecule has 92 valence electrons. The van der Waals surface area contributed by atoms with Gasteiger partial charge in [-0.25, -0.2) is 0 Å². The van der Waals surface area contributed by atoms with Crippen molar-refractivity contribution >= 4 is 37.8 Å². The van der Waals surface area contributed by atoms with Crippen molar-refractivity contribution in [1.82, 2.24) is 15.5 Å². The lowest BCUT2D eigenvalue weighted by Crippen LogP contribution is -2.23. The van der Waals surface area contributed by atoms with Gasteiger partial charge in [0.1, 0.15) is 0 Å². The molecule has 0 atom stereocenters. The quantitative estimate of drug-likeness (QED) is 0.903. The van der Waals surface area contributed by atoms with Gasteiger partial charge in [0.2, 0.25) is 0 Å². The molecular weight excluding hydrogens is 362 g/mol. The highest BCUT2D eigenvalue weighted by molar-refractivity contribution is 9.11. The van der Waals surface area contributed by atoms with E-state index in [2.05, 4.69) is 47.4 Å². The Morgan fingerprint density at radius 3 is 2.83 bits per heavy atom. The summed E-state index contributed by atoms with van der Waals surface area (Å²) in [4.78, 5) is 12.0. The van der Waals surface area contributed by atoms with Crippen molar-refractivity contribution in [3.05, 3.63) is 56.7 Å². The number of nitrogens with zero attached hydrogens (tertiary/aromatic N) is 2. The molecule has 0 radical (unpaired) electrons. The van der Waals surface area contributed by atoms with Crippen LogP contribution in [0, 0.1) is 0 Å². The third kappa shape index (κ3) is 3.36. The van der Waals surface area contributed by atoms with E-state index >= 15 is 0 Å². The number of nitrogens with one attached hydrogen (secondary N) is 1. The zero-order valence-electron chi connectivity index (χ0n) is 9.23. The van der Waals surface area contributed by atoms with E-state index in [0.29, 0.717) is 12.1 Å². The van der Waals surface area contributed by atoms with Crippen LogP contribution in [0.15, 0.2) is 45.5 Å². The SMILES string of the molecule is O=C(NCc1cccnn1)c1cc(Br)ccc1Br. The molecule has 2 rings (SSSR count). The smallest absolute Gasteiger partial charge is 0.252 e. The van der Waals surface area contributed by atoms with E-state index in [1.54, 1.807) is 18.3 Å². The van der Waals surface area contributed by atoms with E-state index in [9.17, 15) is 4.79 Å². The van der Waals surface area contributed by atoms with E-state index in [1.165, 1.54) is 0 Å². The molecule has 0 aliphatic rings. The lowest BCUT2D eigenvalue weighted by Gasteiger charge is -2.06. The van der Waals surface area contributed by atoms with Gasteiger partial charge in [0.15, 0.2) is 0 Å². The van der Waals surface area contributed by atoms with Gasteiger partial charge in [-0.2, -0.15) is 10.2 Å². The molecule has 1 heterocycles. The maximum atomic E-state index is 12.0. The minimum atomic E-state index is -0.158. The molecule has 0 bridgehead atoms. The average molecular weight is 371 g/mol. The fraction of sp³-hybridized carbons (Fsp3) is 0.0833. The predicted molar refractivity (Wildman–Crippen MR) is 75.0 cm³/mol. The van der Waals surface area contributed by atoms with Gasteiger partial charge in [0.05, 0.1) is 17.8 Å². The van der Waals surface area contributed by atoms with Crippen LogP contribution < -0.4 is 5.32 Å². The number of hydrogen-bond acceptors (Lipinski definition) is 3. The summed E-state index contributed by atoms with van der Waals surface area (Å²) in [7, 11) is 0. The summed E-state index contributed by atoms with van der Waals surface area (Å²) in [5, 5.41) is 10.4. The van der Waals surface area contributed by atoms with Gasteiger partial charge >= 0.3 is 0 Å². The fourth-order valence-corrected chi connectivity index (χ4v) is 2.15. The summed E-state index contributed by atoms with van der Waals surface area (Å²) in [5.41, 5.74) is 1.30. The first-order valence-electron chi connectivity index (χ1n) is 5.16. The van der Waals surface area contributed by atoms with Gasteiger partial charge in [0.25, 0.3) is 5.91 Å². The molecule has 2 aromatic rings. The van der Waals surface area contributed by atoms with Crippen molar-refractivity contribution in [2.45, 2.75) is 6.54 Å². The lowest BCUT2D eigenvalue weighted by molar-refractivity contribution is 0.0949. The Balaban J connectivity index is 2.06. The van der Waals surface area contributed by atoms with Crippen molar-refractivity contribution in [1.29, 1.82) is 0 Å². The average Bonchev–Trinajstić information content (AvgIpc) is 2.40. The van der Waals surface area contributed by atoms with Crippen LogP contribution in [0.2, 0.25) is 0 Å². The first-order valence-corrected chi connectivity index (χ1v) is 6.75. The molecule has 0 spiro atoms. The second-order valence-corrected chi connectivity index (χ2v) is 5.29. The third-order valence-electron chi connectivity index (χ3n) is 2.23. The van der Waals surface area contributed by atoms with Crippen molar-refractivity contribution in [3.63, 3.8) is 0 Å². The zero-order valence-corrected chi connectivity index (χ0v) is 12.4. The van der Waals surface area contributed by atoms with E-state index in [4.69, 9.17) is 0 Å². The van der Waals surface area contributed by atoms with E-state index in [-0.39, 0.29) is 5.91 Å². The third-order valence-corrected chi connectivity index (χ3v) is 3.42. The van der Waals surface area contributed by atoms with Crippen molar-refractivity contribution < 1.29 is 4.79 Å². The molecule has 0 saturated carbocycles. The minimum absolute atomic E-state index is 0.158. The van der Waals surface area contributed by atoms with Crippen LogP contribution in [0.25, 0.3) is 0 Å². The number of amides is 1. The monoisotopic (exact) mass is 369 g/mol. The number of hydrogen-bond donors (Lipinski definition) is 1. The summed E-state index contributed by atoms with van der Waals surface area (Å²) in [6, 6.07) is 9.04. The molecule has 6 heteroatoms. The maximum Gasteiger partial charge on any atom is 0.252 e. The van der Waals surface area contributed by atoms with Crippen LogP contribution in [0.1, 0.15) is 16.1 Å². The number of carbonyl (C=O) groups is 1. The fourth-order valence-electron chi connectivity index (χ4n) is 1.37. The maximum absolute atomic E-state index is 12.0. The topological polar surface area (TPSA) is 54.9 Å². The molecule has 1 N–H and O–H groups in total. The van der Waals surface area contributed by atoms with E-state index < -0.39 is 0 Å². The molecule has 0 aliphatic heterocycles. The second kappa shape index (κ2) is 6.06. The molecule has 0 aliphatic carbocycles. The van der Waals surface area contributed by atoms with Crippen LogP contribution in [0.4, 0.5) is 0 Å². The molecule has 1 amide bonds. The number of carbonyl (C=O) groups excluding carboxylic acids is 1. The van der Waals surface area contributed by atoms with Crippen LogP contribution >= 0.6 is 31.9 Å². The zero-order chi connectivity index (χ0) is 13.0. The van der Waals surface area contributed by atoms with E-state index in [1.807, 2.05) is 18.2 Å². The van der Waals surface area contributed by atoms with Crippen LogP contribution in [0.3, 0.4) is 0 Å². The Kier molecular flexibility index (Phi) is 4.43. The molecule has 4 nitrogen and oxygen atoms in total. The molecular formula is C12H9Br2N3O. The first kappa shape index (κ1) is 13.2. The van der Waals surface area contributed by atoms with E-state index in [0.717, 1.165) is 14.6 Å². The Morgan fingerprint density at radius 2 is 2.11 bits per heavy atom. The summed E-state index contributed by atoms with van der Waals surface area (Å²) >= 11 is 6.69. The Bertz CT molecular complexity index is 561. The molecule has 0 unspecified atom stereocenters. The van der Waals surface area contributed by atoms with Gasteiger partial charge in [-0.1, -0.05) is 15.9 Å². The molecule has 18 heavy (non-hydrogen) atoms. The summed E-state index contributed by atoms with van der Waals surface area (Å²) in [6.07, 6.45) is 1.59. The van der Waals surface area contributed by atoms with Crippen molar-refractivity contribution in [2.24, 2.45) is 0 Å². The highest BCUT2D eigenvalue weighted by atomic mass is 79.9. The number of aromatic nitrogens is 2. The number of halogens is 2. The number of benzene rings is 1. The normalized spacial score (nSPS) is 10.1. The number of rotatable bonds is 3. The summed E-state index contributed by atoms with van der Waals surface area (Å²) < 4.78 is 1.61. The lowest BCUT2D eigenvalue weighted by atomic mass is 10.2. The molecule has 1 aromatic carbocycles. The highest BCUT2D eigenvalue weighted by Gasteiger charge is 2.10. The van der Waals surface area contributed by atoms with Crippen molar-refractivity contribution in [2.75, 3.05) is 0 Å². The second-order valence-electron chi connectivity index (χ2n) is 3.52. The standard InChI is InChI=1S/C12H9Br2N3O/c13-8-3-4-11(14)10(6-8)12(18)15-7-9-2-1-5-16-17-9/h1-6H,7H2,(H,15,18). The summed E-state index contributed by atoms with van der Waals surface area (Å²) in [5.74, 6) is -0.158. The van der Waals surface area contributed by atoms with Gasteiger partial charge in [-0.05, 0) is 46.3 Å². The predicted octanol–water partition coefficient (Wildman–Crippen LogP) is 2.93. The first-order chi connectivity index (χ1) is 8.66. The van der Waals surface area contributed by atoms with Crippen LogP contribution in [-0.2, 0) is 6.54 Å². The molecule has 0 saturated heterocycles. The Morgan fingerprint density at radius 1 is 1.28 bits per heavy atom. The van der Waals surface area contributed by atoms with Gasteiger partial charge in [-0.15, -0.1) is 0 Å². The summed E-state index contributed by atoms with van der Waals surface area (Å²) in [6.45, 7) is 0.353. The molecule has 0 fully saturated rings. The molecule has 1 aromatic heterocycles. The minimum Gasteiger partial charge on any atom is -0.346 e. The van der Waals surface area contributed by atoms with Crippen LogP contribution in [-0.4, -0.2) is 16.1 Å².